The number of benzene rings is 2. The number of carbonyl (C=O) groups excluding carboxylic acids is 1. The second-order valence-electron chi connectivity index (χ2n) is 5.35. The molecule has 0 saturated carbocycles. The fourth-order valence-corrected chi connectivity index (χ4v) is 2.52. The fourth-order valence-electron chi connectivity index (χ4n) is 2.06. The lowest BCUT2D eigenvalue weighted by Gasteiger charge is -2.27. The van der Waals surface area contributed by atoms with Gasteiger partial charge in [0.2, 0.25) is 3.79 Å². The van der Waals surface area contributed by atoms with Crippen LogP contribution in [0, 0.1) is 20.2 Å². The first kappa shape index (κ1) is 22.0. The third-order valence-corrected chi connectivity index (χ3v) is 4.25. The first-order valence-electron chi connectivity index (χ1n) is 7.31. The second-order valence-corrected chi connectivity index (χ2v) is 8.16. The Morgan fingerprint density at radius 3 is 1.89 bits per heavy atom. The van der Waals surface area contributed by atoms with E-state index in [9.17, 15) is 25.0 Å². The minimum atomic E-state index is -2.03. The summed E-state index contributed by atoms with van der Waals surface area (Å²) in [6, 6.07) is 8.73. The maximum absolute atomic E-state index is 12.5. The van der Waals surface area contributed by atoms with E-state index < -0.39 is 37.1 Å². The molecule has 28 heavy (non-hydrogen) atoms. The summed E-state index contributed by atoms with van der Waals surface area (Å²) < 4.78 is -2.03. The van der Waals surface area contributed by atoms with Crippen LogP contribution in [-0.4, -0.2) is 25.7 Å². The van der Waals surface area contributed by atoms with Gasteiger partial charge < -0.3 is 10.6 Å². The molecule has 1 atom stereocenters. The van der Waals surface area contributed by atoms with Crippen LogP contribution in [0.15, 0.2) is 42.5 Å². The van der Waals surface area contributed by atoms with Crippen molar-refractivity contribution in [3.8, 4) is 0 Å². The van der Waals surface area contributed by atoms with E-state index in [1.807, 2.05) is 0 Å². The summed E-state index contributed by atoms with van der Waals surface area (Å²) in [6.45, 7) is 0. The van der Waals surface area contributed by atoms with Crippen molar-refractivity contribution in [1.29, 1.82) is 0 Å². The molecule has 9 nitrogen and oxygen atoms in total. The molecular weight excluding hydrogens is 458 g/mol. The van der Waals surface area contributed by atoms with Gasteiger partial charge in [0, 0.05) is 22.8 Å². The highest BCUT2D eigenvalue weighted by atomic mass is 35.6. The van der Waals surface area contributed by atoms with Crippen LogP contribution < -0.4 is 10.6 Å². The number of halogens is 4. The molecule has 0 spiro atoms. The van der Waals surface area contributed by atoms with Gasteiger partial charge in [-0.05, 0) is 24.3 Å². The van der Waals surface area contributed by atoms with Crippen molar-refractivity contribution < 1.29 is 14.6 Å². The zero-order chi connectivity index (χ0) is 21.1. The van der Waals surface area contributed by atoms with Gasteiger partial charge in [-0.1, -0.05) is 46.4 Å². The van der Waals surface area contributed by atoms with Gasteiger partial charge in [-0.2, -0.15) is 0 Å². The Bertz CT molecular complexity index is 885. The highest BCUT2D eigenvalue weighted by Gasteiger charge is 2.35. The molecule has 0 aliphatic rings. The average molecular weight is 468 g/mol. The van der Waals surface area contributed by atoms with E-state index in [4.69, 9.17) is 46.4 Å². The van der Waals surface area contributed by atoms with Crippen molar-refractivity contribution in [1.82, 2.24) is 5.32 Å². The fraction of sp³-hybridized carbons (Fsp3) is 0.133. The minimum Gasteiger partial charge on any atom is -0.362 e. The summed E-state index contributed by atoms with van der Waals surface area (Å²) in [5.41, 5.74) is -1.16. The number of hydrogen-bond donors (Lipinski definition) is 2. The standard InChI is InChI=1S/C15H10Cl4N4O5/c16-9-1-3-10(4-2-9)20-14(15(17,18)19)21-13(24)8-5-11(22(25)26)7-12(6-8)23(27)28/h1-7,14,20H,(H,21,24). The zero-order valence-corrected chi connectivity index (χ0v) is 16.6. The van der Waals surface area contributed by atoms with Gasteiger partial charge in [0.25, 0.3) is 17.3 Å². The van der Waals surface area contributed by atoms with E-state index in [1.54, 1.807) is 24.3 Å². The van der Waals surface area contributed by atoms with E-state index >= 15 is 0 Å². The molecule has 0 aliphatic heterocycles. The van der Waals surface area contributed by atoms with E-state index in [1.165, 1.54) is 0 Å². The topological polar surface area (TPSA) is 127 Å². The van der Waals surface area contributed by atoms with Gasteiger partial charge in [-0.3, -0.25) is 25.0 Å². The van der Waals surface area contributed by atoms with Gasteiger partial charge >= 0.3 is 0 Å². The van der Waals surface area contributed by atoms with Crippen molar-refractivity contribution in [2.75, 3.05) is 5.32 Å². The smallest absolute Gasteiger partial charge is 0.277 e. The van der Waals surface area contributed by atoms with Crippen LogP contribution in [0.2, 0.25) is 5.02 Å². The Hall–Kier alpha value is -2.33. The molecule has 1 amide bonds. The number of nitrogens with one attached hydrogen (secondary N) is 2. The number of anilines is 1. The van der Waals surface area contributed by atoms with Crippen LogP contribution in [0.5, 0.6) is 0 Å². The van der Waals surface area contributed by atoms with Gasteiger partial charge in [0.1, 0.15) is 6.17 Å². The van der Waals surface area contributed by atoms with Crippen LogP contribution in [0.4, 0.5) is 17.1 Å². The Balaban J connectivity index is 2.31. The highest BCUT2D eigenvalue weighted by molar-refractivity contribution is 6.68. The van der Waals surface area contributed by atoms with Crippen LogP contribution in [0.3, 0.4) is 0 Å². The summed E-state index contributed by atoms with van der Waals surface area (Å²) >= 11 is 23.5. The molecule has 0 heterocycles. The summed E-state index contributed by atoms with van der Waals surface area (Å²) in [6.07, 6.45) is -1.27. The first-order chi connectivity index (χ1) is 13.0. The van der Waals surface area contributed by atoms with Crippen LogP contribution in [0.25, 0.3) is 0 Å². The number of nitro groups is 2. The molecular formula is C15H10Cl4N4O5. The van der Waals surface area contributed by atoms with Crippen molar-refractivity contribution in [2.24, 2.45) is 0 Å². The summed E-state index contributed by atoms with van der Waals surface area (Å²) in [7, 11) is 0. The van der Waals surface area contributed by atoms with Crippen LogP contribution in [0.1, 0.15) is 10.4 Å². The Kier molecular flexibility index (Phi) is 6.89. The molecule has 0 bridgehead atoms. The monoisotopic (exact) mass is 466 g/mol. The lowest BCUT2D eigenvalue weighted by atomic mass is 10.1. The molecule has 2 aromatic carbocycles. The first-order valence-corrected chi connectivity index (χ1v) is 8.82. The molecule has 0 aromatic heterocycles. The Labute approximate surface area is 177 Å². The minimum absolute atomic E-state index is 0.349. The zero-order valence-electron chi connectivity index (χ0n) is 13.6. The lowest BCUT2D eigenvalue weighted by molar-refractivity contribution is -0.394. The summed E-state index contributed by atoms with van der Waals surface area (Å²) in [5, 5.41) is 27.5. The predicted octanol–water partition coefficient (Wildman–Crippen LogP) is 4.69. The van der Waals surface area contributed by atoms with Crippen LogP contribution in [-0.2, 0) is 0 Å². The molecule has 148 valence electrons. The number of non-ortho nitro benzene ring substituents is 2. The number of rotatable bonds is 6. The highest BCUT2D eigenvalue weighted by Crippen LogP contribution is 2.32. The molecule has 2 rings (SSSR count). The number of nitrogens with zero attached hydrogens (tertiary/aromatic N) is 2. The normalized spacial score (nSPS) is 12.1. The third-order valence-electron chi connectivity index (χ3n) is 3.34. The second kappa shape index (κ2) is 8.78. The number of alkyl halides is 3. The van der Waals surface area contributed by atoms with E-state index in [0.29, 0.717) is 10.7 Å². The van der Waals surface area contributed by atoms with Crippen molar-refractivity contribution in [2.45, 2.75) is 9.96 Å². The maximum atomic E-state index is 12.5. The van der Waals surface area contributed by atoms with Gasteiger partial charge in [-0.15, -0.1) is 0 Å². The van der Waals surface area contributed by atoms with Crippen molar-refractivity contribution in [3.63, 3.8) is 0 Å². The molecule has 0 saturated heterocycles. The molecule has 2 N–H and O–H groups in total. The van der Waals surface area contributed by atoms with Gasteiger partial charge in [-0.25, -0.2) is 0 Å². The third kappa shape index (κ3) is 5.83. The SMILES string of the molecule is O=C(NC(Nc1ccc(Cl)cc1)C(Cl)(Cl)Cl)c1cc([N+](=O)[O-])cc([N+](=O)[O-])c1. The van der Waals surface area contributed by atoms with E-state index in [2.05, 4.69) is 10.6 Å². The van der Waals surface area contributed by atoms with Crippen molar-refractivity contribution >= 4 is 69.4 Å². The Morgan fingerprint density at radius 2 is 1.46 bits per heavy atom. The molecule has 13 heteroatoms. The number of carbonyl (C=O) groups is 1. The quantitative estimate of drug-likeness (QED) is 0.274. The molecule has 0 radical (unpaired) electrons. The summed E-state index contributed by atoms with van der Waals surface area (Å²) in [5.74, 6) is -0.926. The lowest BCUT2D eigenvalue weighted by Crippen LogP contribution is -2.49. The summed E-state index contributed by atoms with van der Waals surface area (Å²) in [4.78, 5) is 32.7. The maximum Gasteiger partial charge on any atom is 0.277 e. The molecule has 0 aliphatic carbocycles. The number of hydrogen-bond acceptors (Lipinski definition) is 6. The number of nitro benzene ring substituents is 2. The van der Waals surface area contributed by atoms with Gasteiger partial charge in [0.15, 0.2) is 0 Å². The molecule has 0 fully saturated rings. The van der Waals surface area contributed by atoms with E-state index in [0.717, 1.165) is 18.2 Å². The number of amides is 1. The average Bonchev–Trinajstić information content (AvgIpc) is 2.61. The predicted molar refractivity (Wildman–Crippen MR) is 106 cm³/mol. The van der Waals surface area contributed by atoms with Crippen LogP contribution >= 0.6 is 46.4 Å². The van der Waals surface area contributed by atoms with Crippen molar-refractivity contribution in [3.05, 3.63) is 73.3 Å². The molecule has 1 unspecified atom stereocenters. The van der Waals surface area contributed by atoms with Gasteiger partial charge in [0.05, 0.1) is 21.5 Å². The molecule has 2 aromatic rings. The largest absolute Gasteiger partial charge is 0.362 e. The van der Waals surface area contributed by atoms with E-state index in [-0.39, 0.29) is 5.56 Å². The Morgan fingerprint density at radius 1 is 0.964 bits per heavy atom.